The molecule has 1 amide bonds. The van der Waals surface area contributed by atoms with E-state index in [0.29, 0.717) is 11.3 Å². The van der Waals surface area contributed by atoms with E-state index in [1.54, 1.807) is 19.2 Å². The first-order chi connectivity index (χ1) is 14.7. The van der Waals surface area contributed by atoms with Gasteiger partial charge in [-0.3, -0.25) is 0 Å². The summed E-state index contributed by atoms with van der Waals surface area (Å²) in [5.41, 5.74) is 3.89. The number of cyclic esters (lactones) is 1. The van der Waals surface area contributed by atoms with Crippen molar-refractivity contribution in [2.75, 3.05) is 7.11 Å². The molecule has 4 rings (SSSR count). The van der Waals surface area contributed by atoms with Gasteiger partial charge in [-0.15, -0.1) is 0 Å². The van der Waals surface area contributed by atoms with Gasteiger partial charge in [-0.05, 0) is 53.6 Å². The van der Waals surface area contributed by atoms with Gasteiger partial charge in [0.15, 0.2) is 6.10 Å². The number of benzene rings is 3. The Bertz CT molecular complexity index is 1200. The first-order valence-electron chi connectivity index (χ1n) is 9.39. The van der Waals surface area contributed by atoms with Crippen molar-refractivity contribution in [3.8, 4) is 23.7 Å². The molecular weight excluding hydrogens is 376 g/mol. The Morgan fingerprint density at radius 2 is 1.57 bits per heavy atom. The van der Waals surface area contributed by atoms with Crippen molar-refractivity contribution in [3.63, 3.8) is 0 Å². The first-order valence-corrected chi connectivity index (χ1v) is 9.39. The van der Waals surface area contributed by atoms with Crippen molar-refractivity contribution in [1.29, 1.82) is 5.26 Å². The molecule has 1 N–H and O–H groups in total. The predicted molar refractivity (Wildman–Crippen MR) is 112 cm³/mol. The lowest BCUT2D eigenvalue weighted by Gasteiger charge is -2.18. The molecule has 1 heterocycles. The molecule has 0 radical (unpaired) electrons. The molecule has 3 aromatic carbocycles. The van der Waals surface area contributed by atoms with Gasteiger partial charge in [-0.2, -0.15) is 5.26 Å². The quantitative estimate of drug-likeness (QED) is 0.665. The van der Waals surface area contributed by atoms with Crippen LogP contribution in [-0.2, 0) is 4.74 Å². The molecule has 0 aliphatic carbocycles. The Kier molecular flexibility index (Phi) is 5.37. The lowest BCUT2D eigenvalue weighted by atomic mass is 9.95. The lowest BCUT2D eigenvalue weighted by molar-refractivity contribution is 0.132. The molecule has 1 saturated heterocycles. The second-order valence-corrected chi connectivity index (χ2v) is 6.79. The molecule has 0 aromatic heterocycles. The van der Waals surface area contributed by atoms with E-state index in [-0.39, 0.29) is 6.04 Å². The minimum atomic E-state index is -0.469. The lowest BCUT2D eigenvalue weighted by Crippen LogP contribution is -2.19. The molecule has 0 bridgehead atoms. The topological polar surface area (TPSA) is 71.3 Å². The largest absolute Gasteiger partial charge is 0.497 e. The van der Waals surface area contributed by atoms with Crippen LogP contribution in [0.1, 0.15) is 40.0 Å². The average Bonchev–Trinajstić information content (AvgIpc) is 3.20. The highest BCUT2D eigenvalue weighted by molar-refractivity contribution is 5.71. The van der Waals surface area contributed by atoms with E-state index >= 15 is 0 Å². The Morgan fingerprint density at radius 3 is 2.33 bits per heavy atom. The molecule has 2 atom stereocenters. The zero-order valence-corrected chi connectivity index (χ0v) is 16.3. The summed E-state index contributed by atoms with van der Waals surface area (Å²) in [5, 5.41) is 11.9. The molecule has 0 saturated carbocycles. The number of alkyl carbamates (subject to hydrolysis) is 1. The zero-order valence-electron chi connectivity index (χ0n) is 16.3. The van der Waals surface area contributed by atoms with Gasteiger partial charge in [-0.25, -0.2) is 4.79 Å². The summed E-state index contributed by atoms with van der Waals surface area (Å²) in [6.07, 6.45) is -0.930. The minimum Gasteiger partial charge on any atom is -0.497 e. The van der Waals surface area contributed by atoms with Crippen LogP contribution in [0.2, 0.25) is 0 Å². The summed E-state index contributed by atoms with van der Waals surface area (Å²) in [5.74, 6) is 6.91. The maximum absolute atomic E-state index is 12.0. The van der Waals surface area contributed by atoms with Crippen molar-refractivity contribution in [3.05, 3.63) is 101 Å². The Morgan fingerprint density at radius 1 is 0.900 bits per heavy atom. The molecular formula is C25H18N2O3. The van der Waals surface area contributed by atoms with Crippen LogP contribution in [0.25, 0.3) is 0 Å². The number of nitrogens with zero attached hydrogens (tertiary/aromatic N) is 1. The van der Waals surface area contributed by atoms with E-state index in [1.165, 1.54) is 0 Å². The monoisotopic (exact) mass is 394 g/mol. The van der Waals surface area contributed by atoms with Crippen LogP contribution < -0.4 is 10.1 Å². The van der Waals surface area contributed by atoms with Crippen molar-refractivity contribution in [2.24, 2.45) is 0 Å². The van der Waals surface area contributed by atoms with Gasteiger partial charge in [0.05, 0.1) is 24.8 Å². The van der Waals surface area contributed by atoms with Crippen LogP contribution in [-0.4, -0.2) is 13.2 Å². The highest BCUT2D eigenvalue weighted by atomic mass is 16.6. The van der Waals surface area contributed by atoms with Crippen LogP contribution in [0.4, 0.5) is 4.79 Å². The molecule has 5 heteroatoms. The number of hydrogen-bond acceptors (Lipinski definition) is 4. The van der Waals surface area contributed by atoms with E-state index in [0.717, 1.165) is 22.3 Å². The van der Waals surface area contributed by atoms with E-state index in [4.69, 9.17) is 14.7 Å². The molecule has 0 unspecified atom stereocenters. The molecule has 146 valence electrons. The number of nitrogens with one attached hydrogen (secondary N) is 1. The number of hydrogen-bond donors (Lipinski definition) is 1. The molecule has 5 nitrogen and oxygen atoms in total. The van der Waals surface area contributed by atoms with E-state index < -0.39 is 12.2 Å². The van der Waals surface area contributed by atoms with Crippen molar-refractivity contribution in [2.45, 2.75) is 12.1 Å². The third-order valence-electron chi connectivity index (χ3n) is 4.82. The van der Waals surface area contributed by atoms with E-state index in [2.05, 4.69) is 23.2 Å². The second-order valence-electron chi connectivity index (χ2n) is 6.79. The van der Waals surface area contributed by atoms with E-state index in [1.807, 2.05) is 60.7 Å². The predicted octanol–water partition coefficient (Wildman–Crippen LogP) is 4.49. The van der Waals surface area contributed by atoms with Crippen LogP contribution >= 0.6 is 0 Å². The zero-order chi connectivity index (χ0) is 20.9. The van der Waals surface area contributed by atoms with Gasteiger partial charge in [0.1, 0.15) is 5.75 Å². The third-order valence-corrected chi connectivity index (χ3v) is 4.82. The highest BCUT2D eigenvalue weighted by Crippen LogP contribution is 2.37. The summed E-state index contributed by atoms with van der Waals surface area (Å²) >= 11 is 0. The summed E-state index contributed by atoms with van der Waals surface area (Å²) < 4.78 is 10.8. The molecule has 0 spiro atoms. The number of amides is 1. The number of rotatable bonds is 3. The van der Waals surface area contributed by atoms with Crippen molar-refractivity contribution >= 4 is 6.09 Å². The van der Waals surface area contributed by atoms with Crippen LogP contribution in [0, 0.1) is 23.2 Å². The number of methoxy groups -OCH3 is 1. The minimum absolute atomic E-state index is 0.340. The fraction of sp³-hybridized carbons (Fsp3) is 0.120. The molecule has 1 aliphatic rings. The molecule has 30 heavy (non-hydrogen) atoms. The number of nitriles is 1. The van der Waals surface area contributed by atoms with Crippen molar-refractivity contribution in [1.82, 2.24) is 5.32 Å². The van der Waals surface area contributed by atoms with Gasteiger partial charge < -0.3 is 14.8 Å². The standard InChI is InChI=1S/C25H18N2O3/c1-29-22-10-4-9-21(15-22)24-23(27-25(28)30-24)20-8-3-6-18(14-20)12-11-17-5-2-7-19(13-17)16-26/h2-10,13-15,23-24H,1H3,(H,27,28)/t23-,24-/m1/s1. The summed E-state index contributed by atoms with van der Waals surface area (Å²) in [7, 11) is 1.60. The molecule has 1 aliphatic heterocycles. The third kappa shape index (κ3) is 4.11. The first kappa shape index (κ1) is 19.1. The summed E-state index contributed by atoms with van der Waals surface area (Å²) in [6, 6.07) is 24.1. The van der Waals surface area contributed by atoms with E-state index in [9.17, 15) is 4.79 Å². The van der Waals surface area contributed by atoms with Crippen molar-refractivity contribution < 1.29 is 14.3 Å². The maximum atomic E-state index is 12.0. The number of ether oxygens (including phenoxy) is 2. The van der Waals surface area contributed by atoms with Crippen LogP contribution in [0.15, 0.2) is 72.8 Å². The Hall–Kier alpha value is -4.22. The van der Waals surface area contributed by atoms with Gasteiger partial charge in [0.2, 0.25) is 0 Å². The normalized spacial score (nSPS) is 17.1. The van der Waals surface area contributed by atoms with Crippen LogP contribution in [0.3, 0.4) is 0 Å². The van der Waals surface area contributed by atoms with Gasteiger partial charge in [0.25, 0.3) is 0 Å². The fourth-order valence-electron chi connectivity index (χ4n) is 3.38. The number of carbonyl (C=O) groups is 1. The Labute approximate surface area is 174 Å². The molecule has 3 aromatic rings. The Balaban J connectivity index is 1.63. The van der Waals surface area contributed by atoms with Gasteiger partial charge in [0, 0.05) is 11.1 Å². The van der Waals surface area contributed by atoms with Gasteiger partial charge in [-0.1, -0.05) is 42.2 Å². The van der Waals surface area contributed by atoms with Gasteiger partial charge >= 0.3 is 6.09 Å². The summed E-state index contributed by atoms with van der Waals surface area (Å²) in [4.78, 5) is 12.0. The fourth-order valence-corrected chi connectivity index (χ4v) is 3.38. The SMILES string of the molecule is COc1cccc([C@H]2OC(=O)N[C@@H]2c2cccc(C#Cc3cccc(C#N)c3)c2)c1. The van der Waals surface area contributed by atoms with Crippen LogP contribution in [0.5, 0.6) is 5.75 Å². The highest BCUT2D eigenvalue weighted by Gasteiger charge is 2.36. The number of carbonyl (C=O) groups excluding carboxylic acids is 1. The smallest absolute Gasteiger partial charge is 0.408 e. The average molecular weight is 394 g/mol. The maximum Gasteiger partial charge on any atom is 0.408 e. The molecule has 1 fully saturated rings. The summed E-state index contributed by atoms with van der Waals surface area (Å²) in [6.45, 7) is 0. The second kappa shape index (κ2) is 8.43.